The molecule has 0 bridgehead atoms. The molecule has 0 aromatic rings. The number of likely N-dealkylation sites (N-methyl/N-ethyl adjacent to an activating group) is 1. The van der Waals surface area contributed by atoms with Crippen molar-refractivity contribution in [2.75, 3.05) is 26.2 Å². The van der Waals surface area contributed by atoms with E-state index in [4.69, 9.17) is 0 Å². The number of nitrogens with zero attached hydrogens (tertiary/aromatic N) is 1. The molecule has 0 radical (unpaired) electrons. The molecule has 0 amide bonds. The topological polar surface area (TPSA) is 0 Å². The van der Waals surface area contributed by atoms with Crippen LogP contribution in [0.4, 0.5) is 0 Å². The van der Waals surface area contributed by atoms with Crippen LogP contribution < -0.4 is 0 Å². The Morgan fingerprint density at radius 3 is 2.06 bits per heavy atom. The van der Waals surface area contributed by atoms with E-state index >= 15 is 0 Å². The van der Waals surface area contributed by atoms with Crippen LogP contribution in [0.3, 0.4) is 0 Å². The Kier molecular flexibility index (Phi) is 10.0. The van der Waals surface area contributed by atoms with E-state index < -0.39 is 0 Å². The Hall–Kier alpha value is -0.560. The molecule has 1 unspecified atom stereocenters. The highest BCUT2D eigenvalue weighted by molar-refractivity contribution is 4.72. The van der Waals surface area contributed by atoms with E-state index in [9.17, 15) is 0 Å². The van der Waals surface area contributed by atoms with Gasteiger partial charge in [0, 0.05) is 5.92 Å². The van der Waals surface area contributed by atoms with Crippen LogP contribution in [0, 0.1) is 5.92 Å². The summed E-state index contributed by atoms with van der Waals surface area (Å²) in [6, 6.07) is 0. The van der Waals surface area contributed by atoms with Gasteiger partial charge in [0.1, 0.15) is 0 Å². The Bertz CT molecular complexity index is 210. The summed E-state index contributed by atoms with van der Waals surface area (Å²) >= 11 is 0. The molecule has 0 aliphatic carbocycles. The fourth-order valence-electron chi connectivity index (χ4n) is 2.83. The number of quaternary nitrogens is 1. The third kappa shape index (κ3) is 7.00. The van der Waals surface area contributed by atoms with E-state index in [1.165, 1.54) is 45.2 Å². The number of hydrogen-bond acceptors (Lipinski definition) is 0. The highest BCUT2D eigenvalue weighted by atomic mass is 15.3. The average molecular weight is 252 g/mol. The molecule has 106 valence electrons. The van der Waals surface area contributed by atoms with Crippen molar-refractivity contribution in [2.45, 2.75) is 52.9 Å². The van der Waals surface area contributed by atoms with Gasteiger partial charge in [-0.15, -0.1) is 0 Å². The molecular weight excluding hydrogens is 218 g/mol. The van der Waals surface area contributed by atoms with Gasteiger partial charge in [0.25, 0.3) is 0 Å². The van der Waals surface area contributed by atoms with Gasteiger partial charge in [-0.25, -0.2) is 0 Å². The molecule has 0 saturated carbocycles. The van der Waals surface area contributed by atoms with Crippen molar-refractivity contribution in [3.63, 3.8) is 0 Å². The Labute approximate surface area is 115 Å². The third-order valence-electron chi connectivity index (χ3n) is 3.95. The number of hydrogen-bond donors (Lipinski definition) is 0. The summed E-state index contributed by atoms with van der Waals surface area (Å²) < 4.78 is 1.13. The first-order valence-electron chi connectivity index (χ1n) is 7.71. The van der Waals surface area contributed by atoms with E-state index in [1.807, 2.05) is 0 Å². The minimum absolute atomic E-state index is 0.807. The maximum Gasteiger partial charge on any atom is 0.0973 e. The molecule has 0 aromatic carbocycles. The molecule has 0 N–H and O–H groups in total. The highest BCUT2D eigenvalue weighted by Crippen LogP contribution is 2.17. The lowest BCUT2D eigenvalue weighted by atomic mass is 10.0. The summed E-state index contributed by atoms with van der Waals surface area (Å²) in [7, 11) is 0. The Morgan fingerprint density at radius 1 is 1.00 bits per heavy atom. The predicted octanol–water partition coefficient (Wildman–Crippen LogP) is 4.80. The van der Waals surface area contributed by atoms with Crippen molar-refractivity contribution in [3.8, 4) is 0 Å². The lowest BCUT2D eigenvalue weighted by Gasteiger charge is -2.38. The number of rotatable bonds is 12. The monoisotopic (exact) mass is 252 g/mol. The molecule has 1 atom stereocenters. The standard InChI is InChI=1S/C17H34N/c1-6-10-11-12-13-17(5)16-18(9-4,14-7-2)15-8-3/h7-8,17H,2-3,6,9-16H2,1,4-5H3/q+1. The van der Waals surface area contributed by atoms with Crippen LogP contribution in [0.25, 0.3) is 0 Å². The maximum absolute atomic E-state index is 3.92. The van der Waals surface area contributed by atoms with Gasteiger partial charge in [0.05, 0.1) is 26.2 Å². The minimum atomic E-state index is 0.807. The summed E-state index contributed by atoms with van der Waals surface area (Å²) in [4.78, 5) is 0. The zero-order chi connectivity index (χ0) is 13.9. The van der Waals surface area contributed by atoms with Gasteiger partial charge in [-0.05, 0) is 25.5 Å². The van der Waals surface area contributed by atoms with E-state index in [2.05, 4.69) is 46.1 Å². The second-order valence-electron chi connectivity index (χ2n) is 5.74. The summed E-state index contributed by atoms with van der Waals surface area (Å²) in [5, 5.41) is 0. The molecule has 0 aromatic heterocycles. The van der Waals surface area contributed by atoms with Crippen LogP contribution in [0.15, 0.2) is 25.3 Å². The molecule has 0 aliphatic heterocycles. The first-order valence-corrected chi connectivity index (χ1v) is 7.71. The van der Waals surface area contributed by atoms with Crippen molar-refractivity contribution in [1.82, 2.24) is 0 Å². The molecule has 1 heteroatoms. The van der Waals surface area contributed by atoms with E-state index in [0.29, 0.717) is 0 Å². The number of unbranched alkanes of at least 4 members (excludes halogenated alkanes) is 3. The van der Waals surface area contributed by atoms with Crippen LogP contribution in [0.1, 0.15) is 52.9 Å². The van der Waals surface area contributed by atoms with Crippen molar-refractivity contribution in [3.05, 3.63) is 25.3 Å². The van der Waals surface area contributed by atoms with Crippen LogP contribution in [-0.2, 0) is 0 Å². The van der Waals surface area contributed by atoms with E-state index in [-0.39, 0.29) is 0 Å². The molecule has 0 fully saturated rings. The Balaban J connectivity index is 4.20. The van der Waals surface area contributed by atoms with Gasteiger partial charge < -0.3 is 4.48 Å². The van der Waals surface area contributed by atoms with E-state index in [1.54, 1.807) is 0 Å². The quantitative estimate of drug-likeness (QED) is 0.266. The van der Waals surface area contributed by atoms with Gasteiger partial charge in [-0.3, -0.25) is 0 Å². The summed E-state index contributed by atoms with van der Waals surface area (Å²) in [5.41, 5.74) is 0. The summed E-state index contributed by atoms with van der Waals surface area (Å²) in [6.45, 7) is 19.4. The average Bonchev–Trinajstić information content (AvgIpc) is 2.35. The Morgan fingerprint density at radius 2 is 1.61 bits per heavy atom. The highest BCUT2D eigenvalue weighted by Gasteiger charge is 2.24. The van der Waals surface area contributed by atoms with Crippen LogP contribution in [-0.4, -0.2) is 30.7 Å². The van der Waals surface area contributed by atoms with Gasteiger partial charge in [-0.1, -0.05) is 52.7 Å². The van der Waals surface area contributed by atoms with Gasteiger partial charge in [0.15, 0.2) is 0 Å². The SMILES string of the molecule is C=CC[N+](CC)(CC=C)CC(C)CCCCCC. The maximum atomic E-state index is 3.92. The van der Waals surface area contributed by atoms with Crippen molar-refractivity contribution in [2.24, 2.45) is 5.92 Å². The molecule has 0 aliphatic rings. The molecule has 0 heterocycles. The largest absolute Gasteiger partial charge is 0.317 e. The van der Waals surface area contributed by atoms with Crippen molar-refractivity contribution < 1.29 is 4.48 Å². The fourth-order valence-corrected chi connectivity index (χ4v) is 2.83. The van der Waals surface area contributed by atoms with Crippen LogP contribution in [0.2, 0.25) is 0 Å². The molecule has 0 saturated heterocycles. The normalized spacial score (nSPS) is 13.3. The zero-order valence-corrected chi connectivity index (χ0v) is 13.0. The second-order valence-corrected chi connectivity index (χ2v) is 5.74. The molecule has 0 spiro atoms. The lowest BCUT2D eigenvalue weighted by molar-refractivity contribution is -0.918. The predicted molar refractivity (Wildman–Crippen MR) is 83.7 cm³/mol. The second kappa shape index (κ2) is 10.4. The third-order valence-corrected chi connectivity index (χ3v) is 3.95. The smallest absolute Gasteiger partial charge is 0.0973 e. The van der Waals surface area contributed by atoms with Gasteiger partial charge >= 0.3 is 0 Å². The van der Waals surface area contributed by atoms with Crippen LogP contribution >= 0.6 is 0 Å². The summed E-state index contributed by atoms with van der Waals surface area (Å²) in [5.74, 6) is 0.807. The van der Waals surface area contributed by atoms with Gasteiger partial charge in [0.2, 0.25) is 0 Å². The minimum Gasteiger partial charge on any atom is -0.317 e. The van der Waals surface area contributed by atoms with Crippen LogP contribution in [0.5, 0.6) is 0 Å². The molecular formula is C17H34N+. The molecule has 1 nitrogen and oxygen atoms in total. The fraction of sp³-hybridized carbons (Fsp3) is 0.765. The first-order chi connectivity index (χ1) is 8.64. The lowest BCUT2D eigenvalue weighted by Crippen LogP contribution is -2.50. The molecule has 0 rings (SSSR count). The van der Waals surface area contributed by atoms with Crippen molar-refractivity contribution in [1.29, 1.82) is 0 Å². The first kappa shape index (κ1) is 17.4. The van der Waals surface area contributed by atoms with Crippen molar-refractivity contribution >= 4 is 0 Å². The van der Waals surface area contributed by atoms with Gasteiger partial charge in [-0.2, -0.15) is 0 Å². The van der Waals surface area contributed by atoms with E-state index in [0.717, 1.165) is 23.5 Å². The summed E-state index contributed by atoms with van der Waals surface area (Å²) in [6.07, 6.45) is 11.0. The molecule has 18 heavy (non-hydrogen) atoms. The zero-order valence-electron chi connectivity index (χ0n) is 13.0.